The number of hydrogen-bond acceptors (Lipinski definition) is 3. The van der Waals surface area contributed by atoms with Gasteiger partial charge in [-0.2, -0.15) is 0 Å². The van der Waals surface area contributed by atoms with Crippen molar-refractivity contribution in [2.45, 2.75) is 40.5 Å². The first-order valence-corrected chi connectivity index (χ1v) is 4.65. The van der Waals surface area contributed by atoms with Gasteiger partial charge in [-0.15, -0.1) is 0 Å². The van der Waals surface area contributed by atoms with Gasteiger partial charge in [0.2, 0.25) is 0 Å². The van der Waals surface area contributed by atoms with Crippen LogP contribution in [0.1, 0.15) is 40.5 Å². The Morgan fingerprint density at radius 3 is 2.08 bits per heavy atom. The molecule has 0 aliphatic heterocycles. The predicted molar refractivity (Wildman–Crippen MR) is 53.8 cm³/mol. The van der Waals surface area contributed by atoms with Crippen molar-refractivity contribution >= 4 is 11.9 Å². The molecule has 0 radical (unpaired) electrons. The molecule has 0 aromatic heterocycles. The van der Waals surface area contributed by atoms with Crippen molar-refractivity contribution in [2.75, 3.05) is 7.05 Å². The summed E-state index contributed by atoms with van der Waals surface area (Å²) in [5.74, 6) is 0.249. The molecule has 0 fully saturated rings. The molecule has 0 unspecified atom stereocenters. The summed E-state index contributed by atoms with van der Waals surface area (Å²) < 4.78 is 5.06. The fourth-order valence-electron chi connectivity index (χ4n) is 1.13. The first kappa shape index (κ1) is 12.1. The van der Waals surface area contributed by atoms with E-state index in [9.17, 15) is 4.79 Å². The Kier molecular flexibility index (Phi) is 4.67. The summed E-state index contributed by atoms with van der Waals surface area (Å²) in [6, 6.07) is 0. The topological polar surface area (TPSA) is 38.7 Å². The normalized spacial score (nSPS) is 12.8. The fourth-order valence-corrected chi connectivity index (χ4v) is 1.13. The Bertz CT molecular complexity index is 205. The maximum atomic E-state index is 10.8. The number of carbonyl (C=O) groups is 1. The molecule has 0 aromatic rings. The largest absolute Gasteiger partial charge is 0.412 e. The second-order valence-corrected chi connectivity index (χ2v) is 3.39. The Labute approximate surface area is 80.2 Å². The highest BCUT2D eigenvalue weighted by molar-refractivity contribution is 5.91. The van der Waals surface area contributed by atoms with Crippen molar-refractivity contribution in [2.24, 2.45) is 10.4 Å². The van der Waals surface area contributed by atoms with E-state index in [-0.39, 0.29) is 11.4 Å². The molecule has 0 spiro atoms. The maximum Gasteiger partial charge on any atom is 0.309 e. The van der Waals surface area contributed by atoms with E-state index in [1.807, 2.05) is 0 Å². The molecule has 0 aliphatic carbocycles. The van der Waals surface area contributed by atoms with Crippen LogP contribution in [-0.2, 0) is 9.53 Å². The standard InChI is InChI=1S/C10H19NO2/c1-6-10(4,7-2)9(11-5)13-8(3)12/h6-7H2,1-5H3. The van der Waals surface area contributed by atoms with Gasteiger partial charge in [-0.3, -0.25) is 9.79 Å². The first-order chi connectivity index (χ1) is 6.00. The molecular weight excluding hydrogens is 166 g/mol. The molecule has 0 saturated carbocycles. The van der Waals surface area contributed by atoms with E-state index in [2.05, 4.69) is 25.8 Å². The van der Waals surface area contributed by atoms with Crippen LogP contribution in [0.15, 0.2) is 4.99 Å². The molecule has 0 atom stereocenters. The number of rotatable bonds is 3. The van der Waals surface area contributed by atoms with Gasteiger partial charge in [0.05, 0.1) is 0 Å². The van der Waals surface area contributed by atoms with Crippen LogP contribution in [0.3, 0.4) is 0 Å². The molecule has 3 heteroatoms. The minimum absolute atomic E-state index is 0.111. The van der Waals surface area contributed by atoms with Crippen LogP contribution in [0.4, 0.5) is 0 Å². The van der Waals surface area contributed by atoms with E-state index >= 15 is 0 Å². The average Bonchev–Trinajstić information content (AvgIpc) is 2.12. The highest BCUT2D eigenvalue weighted by atomic mass is 16.5. The van der Waals surface area contributed by atoms with Gasteiger partial charge in [-0.25, -0.2) is 0 Å². The smallest absolute Gasteiger partial charge is 0.309 e. The summed E-state index contributed by atoms with van der Waals surface area (Å²) in [6.07, 6.45) is 1.84. The van der Waals surface area contributed by atoms with Crippen molar-refractivity contribution in [3.05, 3.63) is 0 Å². The molecule has 0 aromatic carbocycles. The zero-order chi connectivity index (χ0) is 10.5. The Morgan fingerprint density at radius 2 is 1.85 bits per heavy atom. The van der Waals surface area contributed by atoms with Gasteiger partial charge in [-0.1, -0.05) is 20.8 Å². The van der Waals surface area contributed by atoms with Gasteiger partial charge in [0.15, 0.2) is 5.90 Å². The lowest BCUT2D eigenvalue weighted by Crippen LogP contribution is -2.30. The maximum absolute atomic E-state index is 10.8. The summed E-state index contributed by atoms with van der Waals surface area (Å²) in [6.45, 7) is 7.59. The van der Waals surface area contributed by atoms with Crippen LogP contribution in [0.5, 0.6) is 0 Å². The minimum Gasteiger partial charge on any atom is -0.412 e. The monoisotopic (exact) mass is 185 g/mol. The summed E-state index contributed by atoms with van der Waals surface area (Å²) in [7, 11) is 1.65. The second-order valence-electron chi connectivity index (χ2n) is 3.39. The molecule has 76 valence electrons. The molecule has 0 aliphatic rings. The fraction of sp³-hybridized carbons (Fsp3) is 0.800. The van der Waals surface area contributed by atoms with E-state index in [0.29, 0.717) is 5.90 Å². The molecule has 0 saturated heterocycles. The van der Waals surface area contributed by atoms with E-state index < -0.39 is 0 Å². The van der Waals surface area contributed by atoms with Crippen LogP contribution < -0.4 is 0 Å². The quantitative estimate of drug-likeness (QED) is 0.385. The SMILES string of the molecule is CCC(C)(CC)C(=NC)OC(C)=O. The van der Waals surface area contributed by atoms with Crippen LogP contribution in [0.2, 0.25) is 0 Å². The lowest BCUT2D eigenvalue weighted by atomic mass is 9.84. The highest BCUT2D eigenvalue weighted by Gasteiger charge is 2.29. The van der Waals surface area contributed by atoms with Crippen LogP contribution in [0, 0.1) is 5.41 Å². The van der Waals surface area contributed by atoms with Crippen LogP contribution in [0.25, 0.3) is 0 Å². The molecule has 13 heavy (non-hydrogen) atoms. The molecule has 0 heterocycles. The third-order valence-electron chi connectivity index (χ3n) is 2.52. The molecule has 3 nitrogen and oxygen atoms in total. The third kappa shape index (κ3) is 3.17. The van der Waals surface area contributed by atoms with Crippen molar-refractivity contribution in [3.63, 3.8) is 0 Å². The Morgan fingerprint density at radius 1 is 1.38 bits per heavy atom. The molecule has 0 rings (SSSR count). The summed E-state index contributed by atoms with van der Waals surface area (Å²) >= 11 is 0. The van der Waals surface area contributed by atoms with Gasteiger partial charge in [0.1, 0.15) is 0 Å². The third-order valence-corrected chi connectivity index (χ3v) is 2.52. The number of ether oxygens (including phenoxy) is 1. The van der Waals surface area contributed by atoms with E-state index in [4.69, 9.17) is 4.74 Å². The number of hydrogen-bond donors (Lipinski definition) is 0. The van der Waals surface area contributed by atoms with Crippen LogP contribution in [-0.4, -0.2) is 18.9 Å². The van der Waals surface area contributed by atoms with E-state index in [1.165, 1.54) is 6.92 Å². The zero-order valence-electron chi connectivity index (χ0n) is 9.18. The number of aliphatic imine (C=N–C) groups is 1. The van der Waals surface area contributed by atoms with Crippen molar-refractivity contribution < 1.29 is 9.53 Å². The molecule has 0 N–H and O–H groups in total. The second kappa shape index (κ2) is 5.00. The van der Waals surface area contributed by atoms with Crippen molar-refractivity contribution in [1.82, 2.24) is 0 Å². The van der Waals surface area contributed by atoms with E-state index in [0.717, 1.165) is 12.8 Å². The number of nitrogens with zero attached hydrogens (tertiary/aromatic N) is 1. The molecular formula is C10H19NO2. The van der Waals surface area contributed by atoms with Gasteiger partial charge < -0.3 is 4.74 Å². The van der Waals surface area contributed by atoms with Gasteiger partial charge >= 0.3 is 5.97 Å². The van der Waals surface area contributed by atoms with Crippen molar-refractivity contribution in [1.29, 1.82) is 0 Å². The Hall–Kier alpha value is -0.860. The lowest BCUT2D eigenvalue weighted by molar-refractivity contribution is -0.133. The number of esters is 1. The molecule has 0 amide bonds. The summed E-state index contributed by atoms with van der Waals surface area (Å²) in [4.78, 5) is 14.8. The summed E-state index contributed by atoms with van der Waals surface area (Å²) in [5, 5.41) is 0. The average molecular weight is 185 g/mol. The van der Waals surface area contributed by atoms with E-state index in [1.54, 1.807) is 7.05 Å². The summed E-state index contributed by atoms with van der Waals surface area (Å²) in [5.41, 5.74) is -0.111. The van der Waals surface area contributed by atoms with Gasteiger partial charge in [-0.05, 0) is 12.8 Å². The highest BCUT2D eigenvalue weighted by Crippen LogP contribution is 2.27. The zero-order valence-corrected chi connectivity index (χ0v) is 9.18. The van der Waals surface area contributed by atoms with Gasteiger partial charge in [0, 0.05) is 19.4 Å². The van der Waals surface area contributed by atoms with Crippen LogP contribution >= 0.6 is 0 Å². The first-order valence-electron chi connectivity index (χ1n) is 4.65. The van der Waals surface area contributed by atoms with Crippen molar-refractivity contribution in [3.8, 4) is 0 Å². The minimum atomic E-state index is -0.297. The number of carbonyl (C=O) groups excluding carboxylic acids is 1. The molecule has 0 bridgehead atoms. The van der Waals surface area contributed by atoms with Gasteiger partial charge in [0.25, 0.3) is 0 Å². The predicted octanol–water partition coefficient (Wildman–Crippen LogP) is 2.40. The Balaban J connectivity index is 4.65. The lowest BCUT2D eigenvalue weighted by Gasteiger charge is -2.26.